The SMILES string of the molecule is CNC(=O)C1CCCCN1S(=O)(=O)c1scnc1C(=O)O. The fraction of sp³-hybridized carbons (Fsp3) is 0.545. The van der Waals surface area contributed by atoms with Crippen molar-refractivity contribution in [3.8, 4) is 0 Å². The van der Waals surface area contributed by atoms with Crippen molar-refractivity contribution in [1.82, 2.24) is 14.6 Å². The molecule has 10 heteroatoms. The molecule has 2 N–H and O–H groups in total. The van der Waals surface area contributed by atoms with E-state index >= 15 is 0 Å². The number of aromatic nitrogens is 1. The van der Waals surface area contributed by atoms with Crippen molar-refractivity contribution in [2.75, 3.05) is 13.6 Å². The van der Waals surface area contributed by atoms with E-state index in [4.69, 9.17) is 5.11 Å². The molecule has 2 heterocycles. The number of piperidine rings is 1. The molecule has 1 aliphatic rings. The Balaban J connectivity index is 2.43. The van der Waals surface area contributed by atoms with Crippen LogP contribution in [0.5, 0.6) is 0 Å². The van der Waals surface area contributed by atoms with Crippen LogP contribution in [0.2, 0.25) is 0 Å². The van der Waals surface area contributed by atoms with Gasteiger partial charge in [-0.3, -0.25) is 4.79 Å². The van der Waals surface area contributed by atoms with Crippen LogP contribution in [0.15, 0.2) is 9.72 Å². The summed E-state index contributed by atoms with van der Waals surface area (Å²) in [7, 11) is -2.61. The summed E-state index contributed by atoms with van der Waals surface area (Å²) in [6, 6.07) is -0.808. The van der Waals surface area contributed by atoms with E-state index in [1.807, 2.05) is 0 Å². The molecule has 1 amide bonds. The predicted molar refractivity (Wildman–Crippen MR) is 74.7 cm³/mol. The van der Waals surface area contributed by atoms with Crippen molar-refractivity contribution in [3.05, 3.63) is 11.2 Å². The number of nitrogens with zero attached hydrogens (tertiary/aromatic N) is 2. The van der Waals surface area contributed by atoms with Gasteiger partial charge in [-0.2, -0.15) is 4.31 Å². The summed E-state index contributed by atoms with van der Waals surface area (Å²) < 4.78 is 26.1. The quantitative estimate of drug-likeness (QED) is 0.809. The zero-order valence-corrected chi connectivity index (χ0v) is 12.9. The molecule has 8 nitrogen and oxygen atoms in total. The van der Waals surface area contributed by atoms with Gasteiger partial charge in [0, 0.05) is 13.6 Å². The maximum Gasteiger partial charge on any atom is 0.356 e. The van der Waals surface area contributed by atoms with Crippen molar-refractivity contribution >= 4 is 33.2 Å². The summed E-state index contributed by atoms with van der Waals surface area (Å²) >= 11 is 0.747. The van der Waals surface area contributed by atoms with Gasteiger partial charge in [-0.15, -0.1) is 11.3 Å². The lowest BCUT2D eigenvalue weighted by Crippen LogP contribution is -2.51. The van der Waals surface area contributed by atoms with Crippen LogP contribution in [0.1, 0.15) is 29.8 Å². The van der Waals surface area contributed by atoms with Gasteiger partial charge >= 0.3 is 5.97 Å². The van der Waals surface area contributed by atoms with Crippen molar-refractivity contribution in [1.29, 1.82) is 0 Å². The summed E-state index contributed by atoms with van der Waals surface area (Å²) in [5, 5.41) is 11.5. The lowest BCUT2D eigenvalue weighted by Gasteiger charge is -2.32. The van der Waals surface area contributed by atoms with Gasteiger partial charge in [0.2, 0.25) is 5.91 Å². The minimum atomic E-state index is -4.05. The number of carboxylic acid groups (broad SMARTS) is 1. The Morgan fingerprint density at radius 2 is 2.19 bits per heavy atom. The fourth-order valence-electron chi connectivity index (χ4n) is 2.29. The molecule has 1 aromatic heterocycles. The Morgan fingerprint density at radius 1 is 1.48 bits per heavy atom. The zero-order valence-electron chi connectivity index (χ0n) is 11.3. The second-order valence-corrected chi connectivity index (χ2v) is 7.48. The van der Waals surface area contributed by atoms with E-state index in [9.17, 15) is 18.0 Å². The van der Waals surface area contributed by atoms with Gasteiger partial charge in [-0.1, -0.05) is 6.42 Å². The van der Waals surface area contributed by atoms with Crippen molar-refractivity contribution in [2.24, 2.45) is 0 Å². The molecular weight excluding hydrogens is 318 g/mol. The second-order valence-electron chi connectivity index (χ2n) is 4.54. The van der Waals surface area contributed by atoms with Crippen molar-refractivity contribution in [3.63, 3.8) is 0 Å². The number of sulfonamides is 1. The molecule has 0 aromatic carbocycles. The number of hydrogen-bond acceptors (Lipinski definition) is 6. The molecule has 0 aliphatic carbocycles. The van der Waals surface area contributed by atoms with E-state index < -0.39 is 27.7 Å². The number of carboxylic acids is 1. The molecule has 21 heavy (non-hydrogen) atoms. The number of thiazole rings is 1. The number of carbonyl (C=O) groups is 2. The fourth-order valence-corrected chi connectivity index (χ4v) is 5.20. The normalized spacial score (nSPS) is 20.1. The maximum absolute atomic E-state index is 12.7. The maximum atomic E-state index is 12.7. The third kappa shape index (κ3) is 2.92. The lowest BCUT2D eigenvalue weighted by atomic mass is 10.0. The zero-order chi connectivity index (χ0) is 15.6. The molecule has 1 aromatic rings. The molecule has 1 unspecified atom stereocenters. The summed E-state index contributed by atoms with van der Waals surface area (Å²) in [5.41, 5.74) is 0.677. The Labute approximate surface area is 125 Å². The van der Waals surface area contributed by atoms with Crippen molar-refractivity contribution < 1.29 is 23.1 Å². The number of hydrogen-bond donors (Lipinski definition) is 2. The number of amides is 1. The van der Waals surface area contributed by atoms with E-state index in [1.54, 1.807) is 0 Å². The van der Waals surface area contributed by atoms with Gasteiger partial charge in [0.25, 0.3) is 10.0 Å². The van der Waals surface area contributed by atoms with Gasteiger partial charge < -0.3 is 10.4 Å². The molecule has 0 radical (unpaired) electrons. The number of likely N-dealkylation sites (N-methyl/N-ethyl adjacent to an activating group) is 1. The van der Waals surface area contributed by atoms with Crippen LogP contribution < -0.4 is 5.32 Å². The Hall–Kier alpha value is -1.52. The van der Waals surface area contributed by atoms with E-state index in [0.717, 1.165) is 22.1 Å². The topological polar surface area (TPSA) is 117 Å². The van der Waals surface area contributed by atoms with E-state index in [0.29, 0.717) is 12.8 Å². The van der Waals surface area contributed by atoms with Crippen molar-refractivity contribution in [2.45, 2.75) is 29.5 Å². The summed E-state index contributed by atoms with van der Waals surface area (Å²) in [6.07, 6.45) is 1.80. The summed E-state index contributed by atoms with van der Waals surface area (Å²) in [6.45, 7) is 0.192. The predicted octanol–water partition coefficient (Wildman–Crippen LogP) is 0.130. The van der Waals surface area contributed by atoms with Crippen LogP contribution in [-0.4, -0.2) is 54.3 Å². The summed E-state index contributed by atoms with van der Waals surface area (Å²) in [4.78, 5) is 26.5. The lowest BCUT2D eigenvalue weighted by molar-refractivity contribution is -0.125. The first-order chi connectivity index (χ1) is 9.89. The summed E-state index contributed by atoms with van der Waals surface area (Å²) in [5.74, 6) is -1.79. The highest BCUT2D eigenvalue weighted by Crippen LogP contribution is 2.29. The average Bonchev–Trinajstić information content (AvgIpc) is 2.97. The molecular formula is C11H15N3O5S2. The monoisotopic (exact) mass is 333 g/mol. The first-order valence-electron chi connectivity index (χ1n) is 6.29. The number of nitrogens with one attached hydrogen (secondary N) is 1. The highest BCUT2D eigenvalue weighted by atomic mass is 32.2. The highest BCUT2D eigenvalue weighted by Gasteiger charge is 2.40. The molecule has 0 bridgehead atoms. The molecule has 1 atom stereocenters. The van der Waals surface area contributed by atoms with Gasteiger partial charge in [0.15, 0.2) is 9.90 Å². The van der Waals surface area contributed by atoms with Gasteiger partial charge in [0.1, 0.15) is 6.04 Å². The number of carbonyl (C=O) groups excluding carboxylic acids is 1. The van der Waals surface area contributed by atoms with E-state index in [1.165, 1.54) is 12.6 Å². The molecule has 1 fully saturated rings. The Morgan fingerprint density at radius 3 is 2.81 bits per heavy atom. The molecule has 0 spiro atoms. The molecule has 2 rings (SSSR count). The molecule has 116 valence electrons. The van der Waals surface area contributed by atoms with Gasteiger partial charge in [-0.05, 0) is 12.8 Å². The third-order valence-corrected chi connectivity index (χ3v) is 6.54. The smallest absolute Gasteiger partial charge is 0.356 e. The second kappa shape index (κ2) is 6.08. The Kier molecular flexibility index (Phi) is 4.59. The number of aromatic carboxylic acids is 1. The molecule has 1 aliphatic heterocycles. The number of rotatable bonds is 4. The first kappa shape index (κ1) is 15.9. The van der Waals surface area contributed by atoms with E-state index in [2.05, 4.69) is 10.3 Å². The van der Waals surface area contributed by atoms with Crippen LogP contribution >= 0.6 is 11.3 Å². The minimum absolute atomic E-state index is 0.192. The van der Waals surface area contributed by atoms with Gasteiger partial charge in [0.05, 0.1) is 5.51 Å². The van der Waals surface area contributed by atoms with Crippen LogP contribution in [0.25, 0.3) is 0 Å². The Bertz CT molecular complexity index is 655. The largest absolute Gasteiger partial charge is 0.476 e. The molecule has 1 saturated heterocycles. The first-order valence-corrected chi connectivity index (χ1v) is 8.61. The molecule has 0 saturated carbocycles. The van der Waals surface area contributed by atoms with Crippen LogP contribution in [0.3, 0.4) is 0 Å². The highest BCUT2D eigenvalue weighted by molar-refractivity contribution is 7.91. The minimum Gasteiger partial charge on any atom is -0.476 e. The van der Waals surface area contributed by atoms with Gasteiger partial charge in [-0.25, -0.2) is 18.2 Å². The average molecular weight is 333 g/mol. The third-order valence-electron chi connectivity index (χ3n) is 3.28. The van der Waals surface area contributed by atoms with E-state index in [-0.39, 0.29) is 16.7 Å². The van der Waals surface area contributed by atoms with Crippen LogP contribution in [0.4, 0.5) is 0 Å². The van der Waals surface area contributed by atoms with Crippen LogP contribution in [-0.2, 0) is 14.8 Å². The van der Waals surface area contributed by atoms with Crippen LogP contribution in [0, 0.1) is 0 Å². The standard InChI is InChI=1S/C11H15N3O5S2/c1-12-9(15)7-4-2-3-5-14(7)21(18,19)11-8(10(16)17)13-6-20-11/h6-7H,2-5H2,1H3,(H,12,15)(H,16,17).